The van der Waals surface area contributed by atoms with Gasteiger partial charge in [0.1, 0.15) is 22.8 Å². The number of carbonyl (C=O) groups is 1. The standard InChI is InChI=1S/C21H21BrFN5OS/c22-13-2-4-16(15(23)10-13)27-19-18-14-3-1-12(21(29)28-7-5-24-6-8-28)9-17(14)30-20(18)26-11-25-19/h2,4,10-12,24H,1,3,5-9H2,(H,25,26,27). The van der Waals surface area contributed by atoms with Crippen molar-refractivity contribution in [1.82, 2.24) is 20.2 Å². The van der Waals surface area contributed by atoms with Crippen molar-refractivity contribution in [3.8, 4) is 0 Å². The highest BCUT2D eigenvalue weighted by atomic mass is 79.9. The summed E-state index contributed by atoms with van der Waals surface area (Å²) in [5.74, 6) is 0.561. The first kappa shape index (κ1) is 19.8. The van der Waals surface area contributed by atoms with E-state index in [1.165, 1.54) is 22.8 Å². The van der Waals surface area contributed by atoms with Gasteiger partial charge in [0.15, 0.2) is 0 Å². The van der Waals surface area contributed by atoms with E-state index < -0.39 is 0 Å². The molecule has 9 heteroatoms. The van der Waals surface area contributed by atoms with Gasteiger partial charge in [0.2, 0.25) is 5.91 Å². The zero-order valence-corrected chi connectivity index (χ0v) is 18.7. The van der Waals surface area contributed by atoms with Crippen LogP contribution in [-0.2, 0) is 17.6 Å². The second-order valence-corrected chi connectivity index (χ2v) is 9.67. The molecule has 0 bridgehead atoms. The number of thiophene rings is 1. The van der Waals surface area contributed by atoms with E-state index in [0.29, 0.717) is 16.0 Å². The van der Waals surface area contributed by atoms with Crippen LogP contribution in [0.15, 0.2) is 29.0 Å². The van der Waals surface area contributed by atoms with Gasteiger partial charge in [-0.15, -0.1) is 11.3 Å². The number of piperazine rings is 1. The number of nitrogens with one attached hydrogen (secondary N) is 2. The first-order chi connectivity index (χ1) is 14.6. The molecule has 1 atom stereocenters. The quantitative estimate of drug-likeness (QED) is 0.584. The van der Waals surface area contributed by atoms with Gasteiger partial charge in [-0.2, -0.15) is 0 Å². The summed E-state index contributed by atoms with van der Waals surface area (Å²) in [4.78, 5) is 25.9. The lowest BCUT2D eigenvalue weighted by Crippen LogP contribution is -2.49. The summed E-state index contributed by atoms with van der Waals surface area (Å²) >= 11 is 4.91. The fraction of sp³-hybridized carbons (Fsp3) is 0.381. The lowest BCUT2D eigenvalue weighted by Gasteiger charge is -2.32. The minimum absolute atomic E-state index is 0.0250. The number of amides is 1. The molecule has 1 fully saturated rings. The van der Waals surface area contributed by atoms with Gasteiger partial charge in [0.05, 0.1) is 11.1 Å². The van der Waals surface area contributed by atoms with Gasteiger partial charge in [-0.05, 0) is 43.0 Å². The topological polar surface area (TPSA) is 70.2 Å². The van der Waals surface area contributed by atoms with Crippen LogP contribution in [0.5, 0.6) is 0 Å². The fourth-order valence-electron chi connectivity index (χ4n) is 4.28. The van der Waals surface area contributed by atoms with Crippen LogP contribution in [0.3, 0.4) is 0 Å². The molecule has 2 aliphatic rings. The zero-order chi connectivity index (χ0) is 20.7. The number of benzene rings is 1. The molecule has 5 rings (SSSR count). The van der Waals surface area contributed by atoms with Crippen LogP contribution in [-0.4, -0.2) is 47.0 Å². The molecule has 1 saturated heterocycles. The molecule has 0 radical (unpaired) electrons. The Morgan fingerprint density at radius 1 is 1.30 bits per heavy atom. The van der Waals surface area contributed by atoms with Crippen molar-refractivity contribution in [1.29, 1.82) is 0 Å². The van der Waals surface area contributed by atoms with Crippen LogP contribution >= 0.6 is 27.3 Å². The van der Waals surface area contributed by atoms with Crippen LogP contribution in [0.2, 0.25) is 0 Å². The van der Waals surface area contributed by atoms with Crippen LogP contribution in [0.25, 0.3) is 10.2 Å². The number of aryl methyl sites for hydroxylation is 1. The third-order valence-corrected chi connectivity index (χ3v) is 7.46. The Hall–Kier alpha value is -2.10. The van der Waals surface area contributed by atoms with E-state index in [9.17, 15) is 9.18 Å². The molecule has 1 aliphatic heterocycles. The summed E-state index contributed by atoms with van der Waals surface area (Å²) in [5, 5.41) is 7.39. The van der Waals surface area contributed by atoms with Crippen molar-refractivity contribution >= 4 is 54.9 Å². The number of rotatable bonds is 3. The predicted octanol–water partition coefficient (Wildman–Crippen LogP) is 3.87. The maximum absolute atomic E-state index is 14.3. The van der Waals surface area contributed by atoms with E-state index in [1.807, 2.05) is 4.90 Å². The average molecular weight is 490 g/mol. The van der Waals surface area contributed by atoms with Crippen molar-refractivity contribution in [3.63, 3.8) is 0 Å². The lowest BCUT2D eigenvalue weighted by atomic mass is 9.86. The van der Waals surface area contributed by atoms with Gasteiger partial charge in [-0.1, -0.05) is 15.9 Å². The average Bonchev–Trinajstić information content (AvgIpc) is 3.14. The lowest BCUT2D eigenvalue weighted by molar-refractivity contribution is -0.136. The summed E-state index contributed by atoms with van der Waals surface area (Å²) < 4.78 is 15.0. The summed E-state index contributed by atoms with van der Waals surface area (Å²) in [6.45, 7) is 3.30. The minimum Gasteiger partial charge on any atom is -0.340 e. The minimum atomic E-state index is -0.345. The molecule has 0 spiro atoms. The normalized spacial score (nSPS) is 19.0. The Balaban J connectivity index is 1.43. The number of hydrogen-bond donors (Lipinski definition) is 2. The Labute approximate surface area is 186 Å². The van der Waals surface area contributed by atoms with E-state index in [-0.39, 0.29) is 17.6 Å². The fourth-order valence-corrected chi connectivity index (χ4v) is 5.88. The highest BCUT2D eigenvalue weighted by molar-refractivity contribution is 9.10. The molecule has 3 heterocycles. The number of carbonyl (C=O) groups excluding carboxylic acids is 1. The van der Waals surface area contributed by atoms with Crippen molar-refractivity contribution in [2.24, 2.45) is 5.92 Å². The summed E-state index contributed by atoms with van der Waals surface area (Å²) in [7, 11) is 0. The maximum Gasteiger partial charge on any atom is 0.226 e. The Bertz CT molecular complexity index is 1110. The van der Waals surface area contributed by atoms with Crippen molar-refractivity contribution in [2.45, 2.75) is 19.3 Å². The van der Waals surface area contributed by atoms with Gasteiger partial charge in [0.25, 0.3) is 0 Å². The molecule has 0 saturated carbocycles. The molecule has 2 N–H and O–H groups in total. The Morgan fingerprint density at radius 2 is 2.13 bits per heavy atom. The molecular formula is C21H21BrFN5OS. The third-order valence-electron chi connectivity index (χ3n) is 5.81. The van der Waals surface area contributed by atoms with Crippen LogP contribution in [0.1, 0.15) is 16.9 Å². The number of anilines is 2. The maximum atomic E-state index is 14.3. The van der Waals surface area contributed by atoms with Crippen molar-refractivity contribution in [2.75, 3.05) is 31.5 Å². The summed E-state index contributed by atoms with van der Waals surface area (Å²) in [6.07, 6.45) is 3.88. The summed E-state index contributed by atoms with van der Waals surface area (Å²) in [6, 6.07) is 4.91. The van der Waals surface area contributed by atoms with Gasteiger partial charge in [-0.25, -0.2) is 14.4 Å². The van der Waals surface area contributed by atoms with Crippen molar-refractivity contribution < 1.29 is 9.18 Å². The molecule has 2 aromatic heterocycles. The second-order valence-electron chi connectivity index (χ2n) is 7.67. The molecule has 156 valence electrons. The van der Waals surface area contributed by atoms with E-state index in [0.717, 1.165) is 55.7 Å². The van der Waals surface area contributed by atoms with Gasteiger partial charge >= 0.3 is 0 Å². The molecule has 1 amide bonds. The highest BCUT2D eigenvalue weighted by Gasteiger charge is 2.32. The second kappa shape index (κ2) is 8.20. The number of fused-ring (bicyclic) bond motifs is 3. The van der Waals surface area contributed by atoms with Crippen LogP contribution in [0.4, 0.5) is 15.9 Å². The Morgan fingerprint density at radius 3 is 2.93 bits per heavy atom. The van der Waals surface area contributed by atoms with Crippen LogP contribution in [0, 0.1) is 11.7 Å². The first-order valence-electron chi connectivity index (χ1n) is 10.1. The number of aromatic nitrogens is 2. The molecule has 30 heavy (non-hydrogen) atoms. The molecule has 1 aromatic carbocycles. The van der Waals surface area contributed by atoms with Gasteiger partial charge in [-0.3, -0.25) is 4.79 Å². The highest BCUT2D eigenvalue weighted by Crippen LogP contribution is 2.41. The third kappa shape index (κ3) is 3.70. The largest absolute Gasteiger partial charge is 0.340 e. The van der Waals surface area contributed by atoms with Gasteiger partial charge < -0.3 is 15.5 Å². The smallest absolute Gasteiger partial charge is 0.226 e. The van der Waals surface area contributed by atoms with E-state index in [4.69, 9.17) is 0 Å². The van der Waals surface area contributed by atoms with E-state index >= 15 is 0 Å². The zero-order valence-electron chi connectivity index (χ0n) is 16.3. The molecular weight excluding hydrogens is 469 g/mol. The van der Waals surface area contributed by atoms with Crippen molar-refractivity contribution in [3.05, 3.63) is 45.3 Å². The molecule has 6 nitrogen and oxygen atoms in total. The number of halogens is 2. The van der Waals surface area contributed by atoms with Gasteiger partial charge in [0, 0.05) is 41.4 Å². The number of nitrogens with zero attached hydrogens (tertiary/aromatic N) is 3. The summed E-state index contributed by atoms with van der Waals surface area (Å²) in [5.41, 5.74) is 1.57. The molecule has 3 aromatic rings. The Kier molecular flexibility index (Phi) is 5.43. The first-order valence-corrected chi connectivity index (χ1v) is 11.7. The molecule has 1 aliphatic carbocycles. The molecule has 1 unspecified atom stereocenters. The van der Waals surface area contributed by atoms with E-state index in [1.54, 1.807) is 23.5 Å². The number of hydrogen-bond acceptors (Lipinski definition) is 6. The monoisotopic (exact) mass is 489 g/mol. The SMILES string of the molecule is O=C(C1CCc2c(sc3ncnc(Nc4ccc(Br)cc4F)c23)C1)N1CCNCC1. The van der Waals surface area contributed by atoms with E-state index in [2.05, 4.69) is 36.5 Å². The predicted molar refractivity (Wildman–Crippen MR) is 120 cm³/mol. The van der Waals surface area contributed by atoms with Crippen LogP contribution < -0.4 is 10.6 Å².